The van der Waals surface area contributed by atoms with E-state index in [1.807, 2.05) is 52.0 Å². The van der Waals surface area contributed by atoms with Gasteiger partial charge in [-0.05, 0) is 24.1 Å². The van der Waals surface area contributed by atoms with Gasteiger partial charge in [0.15, 0.2) is 0 Å². The summed E-state index contributed by atoms with van der Waals surface area (Å²) in [6.07, 6.45) is 0.805. The lowest BCUT2D eigenvalue weighted by atomic mass is 10.1. The Morgan fingerprint density at radius 1 is 1.05 bits per heavy atom. The lowest BCUT2D eigenvalue weighted by Crippen LogP contribution is -2.28. The van der Waals surface area contributed by atoms with Crippen molar-refractivity contribution in [3.63, 3.8) is 0 Å². The second-order valence-electron chi connectivity index (χ2n) is 3.38. The Labute approximate surface area is 123 Å². The van der Waals surface area contributed by atoms with Gasteiger partial charge < -0.3 is 14.8 Å². The Hall–Kier alpha value is -1.55. The van der Waals surface area contributed by atoms with Gasteiger partial charge in [-0.15, -0.1) is 0 Å². The molecule has 4 heteroatoms. The average molecular weight is 283 g/mol. The van der Waals surface area contributed by atoms with Crippen LogP contribution in [0, 0.1) is 0 Å². The lowest BCUT2D eigenvalue weighted by molar-refractivity contribution is -0.124. The molecule has 1 aromatic rings. The van der Waals surface area contributed by atoms with Gasteiger partial charge in [0.25, 0.3) is 0 Å². The van der Waals surface area contributed by atoms with Gasteiger partial charge in [0.05, 0.1) is 7.11 Å². The van der Waals surface area contributed by atoms with Crippen LogP contribution in [0.5, 0.6) is 5.75 Å². The van der Waals surface area contributed by atoms with Crippen molar-refractivity contribution in [3.05, 3.63) is 29.8 Å². The van der Waals surface area contributed by atoms with E-state index in [-0.39, 0.29) is 12.5 Å². The molecule has 0 atom stereocenters. The fourth-order valence-electron chi connectivity index (χ4n) is 1.32. The molecule has 0 unspecified atom stereocenters. The van der Waals surface area contributed by atoms with Gasteiger partial charge in [0, 0.05) is 13.7 Å². The highest BCUT2D eigenvalue weighted by atomic mass is 16.5. The number of methoxy groups -OCH3 is 2. The van der Waals surface area contributed by atoms with Gasteiger partial charge in [0.1, 0.15) is 12.4 Å². The van der Waals surface area contributed by atoms with E-state index in [2.05, 4.69) is 5.32 Å². The van der Waals surface area contributed by atoms with Crippen LogP contribution < -0.4 is 10.1 Å². The molecule has 1 aromatic carbocycles. The fourth-order valence-corrected chi connectivity index (χ4v) is 1.32. The molecule has 1 amide bonds. The van der Waals surface area contributed by atoms with Gasteiger partial charge in [-0.25, -0.2) is 0 Å². The summed E-state index contributed by atoms with van der Waals surface area (Å²) in [5.41, 5.74) is 1.17. The smallest absolute Gasteiger partial charge is 0.245 e. The number of amides is 1. The quantitative estimate of drug-likeness (QED) is 0.873. The van der Waals surface area contributed by atoms with Crippen molar-refractivity contribution < 1.29 is 14.3 Å². The number of carbonyl (C=O) groups excluding carboxylic acids is 1. The van der Waals surface area contributed by atoms with Gasteiger partial charge in [0.2, 0.25) is 5.91 Å². The fraction of sp³-hybridized carbons (Fsp3) is 0.562. The first kappa shape index (κ1) is 20.8. The van der Waals surface area contributed by atoms with Gasteiger partial charge >= 0.3 is 0 Å². The van der Waals surface area contributed by atoms with Crippen LogP contribution in [0.1, 0.15) is 33.3 Å². The molecule has 0 aliphatic carbocycles. The topological polar surface area (TPSA) is 47.6 Å². The molecule has 0 aliphatic heterocycles. The summed E-state index contributed by atoms with van der Waals surface area (Å²) >= 11 is 0. The lowest BCUT2D eigenvalue weighted by Gasteiger charge is -2.05. The molecular formula is C16H29NO3. The van der Waals surface area contributed by atoms with E-state index in [1.54, 1.807) is 7.11 Å². The zero-order valence-electron chi connectivity index (χ0n) is 13.7. The first-order valence-corrected chi connectivity index (χ1v) is 7.15. The summed E-state index contributed by atoms with van der Waals surface area (Å²) in [6.45, 7) is 8.73. The third-order valence-electron chi connectivity index (χ3n) is 2.17. The molecule has 4 nitrogen and oxygen atoms in total. The molecular weight excluding hydrogens is 254 g/mol. The SMILES string of the molecule is CC.CC.COCC(=O)NCCc1ccc(OC)cc1. The zero-order chi connectivity index (χ0) is 15.8. The van der Waals surface area contributed by atoms with Crippen LogP contribution in [0.15, 0.2) is 24.3 Å². The molecule has 0 radical (unpaired) electrons. The standard InChI is InChI=1S/C12H17NO3.2C2H6/c1-15-9-12(14)13-8-7-10-3-5-11(16-2)6-4-10;2*1-2/h3-6H,7-9H2,1-2H3,(H,13,14);2*1-2H3. The molecule has 0 saturated heterocycles. The van der Waals surface area contributed by atoms with Crippen LogP contribution in [0.4, 0.5) is 0 Å². The highest BCUT2D eigenvalue weighted by Gasteiger charge is 1.99. The summed E-state index contributed by atoms with van der Waals surface area (Å²) in [7, 11) is 3.14. The third-order valence-corrected chi connectivity index (χ3v) is 2.17. The molecule has 0 heterocycles. The number of hydrogen-bond acceptors (Lipinski definition) is 3. The molecule has 0 spiro atoms. The van der Waals surface area contributed by atoms with Gasteiger partial charge in [-0.1, -0.05) is 39.8 Å². The number of ether oxygens (including phenoxy) is 2. The molecule has 20 heavy (non-hydrogen) atoms. The molecule has 0 bridgehead atoms. The van der Waals surface area contributed by atoms with Crippen molar-refractivity contribution in [3.8, 4) is 5.75 Å². The minimum absolute atomic E-state index is 0.0870. The average Bonchev–Trinajstić information content (AvgIpc) is 2.52. The summed E-state index contributed by atoms with van der Waals surface area (Å²) in [5.74, 6) is 0.753. The maximum absolute atomic E-state index is 11.1. The van der Waals surface area contributed by atoms with Gasteiger partial charge in [-0.3, -0.25) is 4.79 Å². The number of nitrogens with one attached hydrogen (secondary N) is 1. The molecule has 116 valence electrons. The molecule has 1 rings (SSSR count). The number of benzene rings is 1. The van der Waals surface area contributed by atoms with Crippen molar-refractivity contribution in [2.24, 2.45) is 0 Å². The van der Waals surface area contributed by atoms with Gasteiger partial charge in [-0.2, -0.15) is 0 Å². The largest absolute Gasteiger partial charge is 0.497 e. The molecule has 1 N–H and O–H groups in total. The third kappa shape index (κ3) is 10.4. The van der Waals surface area contributed by atoms with Crippen molar-refractivity contribution >= 4 is 5.91 Å². The van der Waals surface area contributed by atoms with Crippen molar-refractivity contribution in [2.75, 3.05) is 27.4 Å². The van der Waals surface area contributed by atoms with E-state index >= 15 is 0 Å². The van der Waals surface area contributed by atoms with E-state index < -0.39 is 0 Å². The predicted octanol–water partition coefficient (Wildman–Crippen LogP) is 3.05. The Balaban J connectivity index is 0. The Kier molecular flexibility index (Phi) is 16.1. The van der Waals surface area contributed by atoms with Crippen LogP contribution in [-0.2, 0) is 16.0 Å². The van der Waals surface area contributed by atoms with Crippen molar-refractivity contribution in [1.29, 1.82) is 0 Å². The highest BCUT2D eigenvalue weighted by Crippen LogP contribution is 2.11. The second-order valence-corrected chi connectivity index (χ2v) is 3.38. The monoisotopic (exact) mass is 283 g/mol. The van der Waals surface area contributed by atoms with Crippen molar-refractivity contribution in [1.82, 2.24) is 5.32 Å². The first-order chi connectivity index (χ1) is 9.76. The Bertz CT molecular complexity index is 323. The van der Waals surface area contributed by atoms with Crippen LogP contribution in [-0.4, -0.2) is 33.3 Å². The van der Waals surface area contributed by atoms with E-state index in [0.717, 1.165) is 12.2 Å². The second kappa shape index (κ2) is 15.5. The van der Waals surface area contributed by atoms with Crippen LogP contribution in [0.25, 0.3) is 0 Å². The summed E-state index contributed by atoms with van der Waals surface area (Å²) in [4.78, 5) is 11.1. The molecule has 0 aliphatic rings. The minimum Gasteiger partial charge on any atom is -0.497 e. The van der Waals surface area contributed by atoms with Crippen LogP contribution in [0.3, 0.4) is 0 Å². The Morgan fingerprint density at radius 3 is 2.05 bits per heavy atom. The highest BCUT2D eigenvalue weighted by molar-refractivity contribution is 5.77. The maximum Gasteiger partial charge on any atom is 0.245 e. The maximum atomic E-state index is 11.1. The number of rotatable bonds is 6. The molecule has 0 fully saturated rings. The van der Waals surface area contributed by atoms with Crippen LogP contribution >= 0.6 is 0 Å². The summed E-state index contributed by atoms with van der Waals surface area (Å²) < 4.78 is 9.77. The molecule has 0 aromatic heterocycles. The predicted molar refractivity (Wildman–Crippen MR) is 84.3 cm³/mol. The van der Waals surface area contributed by atoms with Crippen molar-refractivity contribution in [2.45, 2.75) is 34.1 Å². The minimum atomic E-state index is -0.0870. The Morgan fingerprint density at radius 2 is 1.60 bits per heavy atom. The summed E-state index contributed by atoms with van der Waals surface area (Å²) in [6, 6.07) is 7.79. The number of carbonyl (C=O) groups is 1. The first-order valence-electron chi connectivity index (χ1n) is 7.15. The van der Waals surface area contributed by atoms with E-state index in [1.165, 1.54) is 12.7 Å². The zero-order valence-corrected chi connectivity index (χ0v) is 13.7. The number of hydrogen-bond donors (Lipinski definition) is 1. The van der Waals surface area contributed by atoms with E-state index in [9.17, 15) is 4.79 Å². The van der Waals surface area contributed by atoms with E-state index in [4.69, 9.17) is 9.47 Å². The normalized spacial score (nSPS) is 8.50. The molecule has 0 saturated carbocycles. The van der Waals surface area contributed by atoms with E-state index in [0.29, 0.717) is 6.54 Å². The summed E-state index contributed by atoms with van der Waals surface area (Å²) in [5, 5.41) is 2.77. The van der Waals surface area contributed by atoms with Crippen LogP contribution in [0.2, 0.25) is 0 Å².